The Hall–Kier alpha value is -0.980. The van der Waals surface area contributed by atoms with E-state index in [9.17, 15) is 0 Å². The molecule has 1 aromatic rings. The first-order valence-electron chi connectivity index (χ1n) is 6.04. The molecule has 0 aliphatic heterocycles. The normalized spacial score (nSPS) is 18.5. The quantitative estimate of drug-likeness (QED) is 0.658. The van der Waals surface area contributed by atoms with Crippen LogP contribution in [0, 0.1) is 0 Å². The predicted molar refractivity (Wildman–Crippen MR) is 63.4 cm³/mol. The number of hydrogen-bond donors (Lipinski definition) is 0. The molecular weight excluding hydrogens is 184 g/mol. The molecule has 0 aromatic heterocycles. The van der Waals surface area contributed by atoms with Crippen molar-refractivity contribution in [2.24, 2.45) is 0 Å². The summed E-state index contributed by atoms with van der Waals surface area (Å²) in [4.78, 5) is 0. The van der Waals surface area contributed by atoms with Crippen LogP contribution in [0.1, 0.15) is 50.0 Å². The fraction of sp³-hybridized carbons (Fsp3) is 0.571. The second kappa shape index (κ2) is 5.20. The van der Waals surface area contributed by atoms with Crippen molar-refractivity contribution in [2.75, 3.05) is 7.11 Å². The standard InChI is InChI=1S/C14H20O/c1-15-14-10-8-13(9-11-14)12-6-4-2-3-5-7-12/h8-12H,2-7H2,1H3. The Labute approximate surface area is 92.5 Å². The van der Waals surface area contributed by atoms with E-state index in [1.165, 1.54) is 44.1 Å². The van der Waals surface area contributed by atoms with Crippen molar-refractivity contribution < 1.29 is 4.74 Å². The van der Waals surface area contributed by atoms with Gasteiger partial charge in [0.05, 0.1) is 7.11 Å². The third-order valence-corrected chi connectivity index (χ3v) is 3.44. The molecule has 1 saturated carbocycles. The van der Waals surface area contributed by atoms with Gasteiger partial charge >= 0.3 is 0 Å². The molecule has 0 bridgehead atoms. The summed E-state index contributed by atoms with van der Waals surface area (Å²) in [6, 6.07) is 8.63. The molecule has 1 nitrogen and oxygen atoms in total. The van der Waals surface area contributed by atoms with E-state index in [0.717, 1.165) is 11.7 Å². The maximum atomic E-state index is 5.18. The van der Waals surface area contributed by atoms with Gasteiger partial charge in [0.25, 0.3) is 0 Å². The minimum atomic E-state index is 0.790. The Morgan fingerprint density at radius 2 is 1.53 bits per heavy atom. The zero-order valence-electron chi connectivity index (χ0n) is 9.54. The molecule has 0 unspecified atom stereocenters. The van der Waals surface area contributed by atoms with Crippen LogP contribution in [0.2, 0.25) is 0 Å². The highest BCUT2D eigenvalue weighted by atomic mass is 16.5. The molecule has 1 heteroatoms. The van der Waals surface area contributed by atoms with Crippen molar-refractivity contribution in [3.8, 4) is 5.75 Å². The molecule has 0 spiro atoms. The van der Waals surface area contributed by atoms with Gasteiger partial charge in [-0.2, -0.15) is 0 Å². The predicted octanol–water partition coefficient (Wildman–Crippen LogP) is 4.13. The first-order chi connectivity index (χ1) is 7.40. The Kier molecular flexibility index (Phi) is 3.65. The minimum absolute atomic E-state index is 0.790. The number of ether oxygens (including phenoxy) is 1. The lowest BCUT2D eigenvalue weighted by Gasteiger charge is -2.14. The van der Waals surface area contributed by atoms with Gasteiger partial charge in [0.15, 0.2) is 0 Å². The van der Waals surface area contributed by atoms with E-state index >= 15 is 0 Å². The molecule has 0 heterocycles. The van der Waals surface area contributed by atoms with Gasteiger partial charge in [-0.1, -0.05) is 37.8 Å². The van der Waals surface area contributed by atoms with Gasteiger partial charge in [0.2, 0.25) is 0 Å². The number of hydrogen-bond acceptors (Lipinski definition) is 1. The van der Waals surface area contributed by atoms with Gasteiger partial charge in [-0.05, 0) is 36.5 Å². The SMILES string of the molecule is COc1ccc(C2CCCCCC2)cc1. The van der Waals surface area contributed by atoms with Crippen molar-refractivity contribution in [1.82, 2.24) is 0 Å². The van der Waals surface area contributed by atoms with Crippen LogP contribution in [-0.4, -0.2) is 7.11 Å². The lowest BCUT2D eigenvalue weighted by Crippen LogP contribution is -1.96. The summed E-state index contributed by atoms with van der Waals surface area (Å²) in [5.41, 5.74) is 1.50. The van der Waals surface area contributed by atoms with E-state index in [1.54, 1.807) is 7.11 Å². The summed E-state index contributed by atoms with van der Waals surface area (Å²) in [5, 5.41) is 0. The van der Waals surface area contributed by atoms with Gasteiger partial charge in [-0.3, -0.25) is 0 Å². The van der Waals surface area contributed by atoms with Gasteiger partial charge in [0, 0.05) is 0 Å². The summed E-state index contributed by atoms with van der Waals surface area (Å²) in [7, 11) is 1.72. The fourth-order valence-corrected chi connectivity index (χ4v) is 2.49. The molecule has 1 fully saturated rings. The average molecular weight is 204 g/mol. The summed E-state index contributed by atoms with van der Waals surface area (Å²) < 4.78 is 5.18. The average Bonchev–Trinajstić information content (AvgIpc) is 2.58. The molecule has 0 saturated heterocycles. The van der Waals surface area contributed by atoms with E-state index < -0.39 is 0 Å². The molecule has 1 aliphatic rings. The molecule has 1 aromatic carbocycles. The monoisotopic (exact) mass is 204 g/mol. The topological polar surface area (TPSA) is 9.23 Å². The zero-order chi connectivity index (χ0) is 10.5. The first kappa shape index (κ1) is 10.5. The summed E-state index contributed by atoms with van der Waals surface area (Å²) in [5.74, 6) is 1.76. The van der Waals surface area contributed by atoms with Crippen LogP contribution in [0.3, 0.4) is 0 Å². The van der Waals surface area contributed by atoms with E-state index in [-0.39, 0.29) is 0 Å². The Bertz CT molecular complexity index is 281. The van der Waals surface area contributed by atoms with Crippen LogP contribution in [0.5, 0.6) is 5.75 Å². The third kappa shape index (κ3) is 2.74. The Morgan fingerprint density at radius 3 is 2.07 bits per heavy atom. The van der Waals surface area contributed by atoms with Crippen LogP contribution in [0.25, 0.3) is 0 Å². The number of rotatable bonds is 2. The largest absolute Gasteiger partial charge is 0.497 e. The molecule has 1 aliphatic carbocycles. The molecule has 0 N–H and O–H groups in total. The minimum Gasteiger partial charge on any atom is -0.497 e. The molecule has 15 heavy (non-hydrogen) atoms. The van der Waals surface area contributed by atoms with Gasteiger partial charge in [-0.15, -0.1) is 0 Å². The lowest BCUT2D eigenvalue weighted by atomic mass is 9.92. The van der Waals surface area contributed by atoms with Crippen LogP contribution >= 0.6 is 0 Å². The summed E-state index contributed by atoms with van der Waals surface area (Å²) in [6.45, 7) is 0. The Balaban J connectivity index is 2.06. The van der Waals surface area contributed by atoms with Gasteiger partial charge in [-0.25, -0.2) is 0 Å². The first-order valence-corrected chi connectivity index (χ1v) is 6.04. The molecule has 0 radical (unpaired) electrons. The second-order valence-corrected chi connectivity index (χ2v) is 4.46. The van der Waals surface area contributed by atoms with Gasteiger partial charge in [0.1, 0.15) is 5.75 Å². The van der Waals surface area contributed by atoms with Crippen LogP contribution in [0.4, 0.5) is 0 Å². The third-order valence-electron chi connectivity index (χ3n) is 3.44. The fourth-order valence-electron chi connectivity index (χ4n) is 2.49. The van der Waals surface area contributed by atoms with Crippen molar-refractivity contribution in [1.29, 1.82) is 0 Å². The second-order valence-electron chi connectivity index (χ2n) is 4.46. The number of benzene rings is 1. The van der Waals surface area contributed by atoms with Crippen LogP contribution in [0.15, 0.2) is 24.3 Å². The van der Waals surface area contributed by atoms with Crippen molar-refractivity contribution in [2.45, 2.75) is 44.4 Å². The smallest absolute Gasteiger partial charge is 0.118 e. The lowest BCUT2D eigenvalue weighted by molar-refractivity contribution is 0.414. The molecular formula is C14H20O. The highest BCUT2D eigenvalue weighted by Gasteiger charge is 2.13. The van der Waals surface area contributed by atoms with E-state index in [1.807, 2.05) is 0 Å². The maximum absolute atomic E-state index is 5.18. The summed E-state index contributed by atoms with van der Waals surface area (Å²) in [6.07, 6.45) is 8.38. The number of methoxy groups -OCH3 is 1. The molecule has 82 valence electrons. The van der Waals surface area contributed by atoms with Crippen LogP contribution < -0.4 is 4.74 Å². The summed E-state index contributed by atoms with van der Waals surface area (Å²) >= 11 is 0. The highest BCUT2D eigenvalue weighted by Crippen LogP contribution is 2.32. The van der Waals surface area contributed by atoms with Gasteiger partial charge < -0.3 is 4.74 Å². The van der Waals surface area contributed by atoms with Crippen molar-refractivity contribution in [3.05, 3.63) is 29.8 Å². The molecule has 0 atom stereocenters. The van der Waals surface area contributed by atoms with E-state index in [0.29, 0.717) is 0 Å². The zero-order valence-corrected chi connectivity index (χ0v) is 9.54. The van der Waals surface area contributed by atoms with E-state index in [4.69, 9.17) is 4.74 Å². The Morgan fingerprint density at radius 1 is 0.933 bits per heavy atom. The van der Waals surface area contributed by atoms with Crippen molar-refractivity contribution in [3.63, 3.8) is 0 Å². The van der Waals surface area contributed by atoms with Crippen molar-refractivity contribution >= 4 is 0 Å². The maximum Gasteiger partial charge on any atom is 0.118 e. The molecule has 0 amide bonds. The molecule has 2 rings (SSSR count). The van der Waals surface area contributed by atoms with E-state index in [2.05, 4.69) is 24.3 Å². The van der Waals surface area contributed by atoms with Crippen LogP contribution in [-0.2, 0) is 0 Å². The highest BCUT2D eigenvalue weighted by molar-refractivity contribution is 5.29.